The van der Waals surface area contributed by atoms with Crippen LogP contribution in [0, 0.1) is 11.3 Å². The van der Waals surface area contributed by atoms with Crippen LogP contribution >= 0.6 is 15.9 Å². The summed E-state index contributed by atoms with van der Waals surface area (Å²) in [5, 5.41) is 11.9. The minimum Gasteiger partial charge on any atom is -0.493 e. The molecule has 0 bridgehead atoms. The summed E-state index contributed by atoms with van der Waals surface area (Å²) < 4.78 is 16.2. The van der Waals surface area contributed by atoms with Crippen molar-refractivity contribution in [2.45, 2.75) is 6.54 Å². The lowest BCUT2D eigenvalue weighted by atomic mass is 10.1. The van der Waals surface area contributed by atoms with Gasteiger partial charge in [0.05, 0.1) is 27.0 Å². The minimum atomic E-state index is -0.490. The van der Waals surface area contributed by atoms with Crippen LogP contribution in [-0.2, 0) is 11.3 Å². The fourth-order valence-electron chi connectivity index (χ4n) is 1.96. The Kier molecular flexibility index (Phi) is 6.04. The van der Waals surface area contributed by atoms with E-state index in [-0.39, 0.29) is 12.1 Å². The van der Waals surface area contributed by atoms with Gasteiger partial charge < -0.3 is 19.2 Å². The van der Waals surface area contributed by atoms with Gasteiger partial charge in [-0.15, -0.1) is 0 Å². The number of halogens is 1. The summed E-state index contributed by atoms with van der Waals surface area (Å²) in [5.74, 6) is 1.16. The van der Waals surface area contributed by atoms with Crippen LogP contribution in [0.3, 0.4) is 0 Å². The molecule has 0 fully saturated rings. The zero-order chi connectivity index (χ0) is 17.5. The van der Waals surface area contributed by atoms with Crippen LogP contribution in [0.2, 0.25) is 0 Å². The van der Waals surface area contributed by atoms with Gasteiger partial charge in [0.25, 0.3) is 5.91 Å². The van der Waals surface area contributed by atoms with Crippen LogP contribution in [0.1, 0.15) is 11.3 Å². The fraction of sp³-hybridized carbons (Fsp3) is 0.176. The Bertz CT molecular complexity index is 792. The number of rotatable bonds is 6. The van der Waals surface area contributed by atoms with E-state index in [0.717, 1.165) is 0 Å². The summed E-state index contributed by atoms with van der Waals surface area (Å²) >= 11 is 3.39. The smallest absolute Gasteiger partial charge is 0.262 e. The van der Waals surface area contributed by atoms with E-state index in [9.17, 15) is 10.1 Å². The summed E-state index contributed by atoms with van der Waals surface area (Å²) in [5.41, 5.74) is 0.590. The topological polar surface area (TPSA) is 84.5 Å². The highest BCUT2D eigenvalue weighted by atomic mass is 79.9. The Morgan fingerprint density at radius 3 is 2.67 bits per heavy atom. The predicted molar refractivity (Wildman–Crippen MR) is 91.4 cm³/mol. The summed E-state index contributed by atoms with van der Waals surface area (Å²) in [6.07, 6.45) is 2.99. The van der Waals surface area contributed by atoms with E-state index in [4.69, 9.17) is 13.9 Å². The van der Waals surface area contributed by atoms with E-state index in [1.54, 1.807) is 24.3 Å². The molecule has 0 saturated heterocycles. The first-order valence-corrected chi connectivity index (χ1v) is 7.72. The Morgan fingerprint density at radius 2 is 2.08 bits per heavy atom. The predicted octanol–water partition coefficient (Wildman–Crippen LogP) is 3.28. The molecule has 1 N–H and O–H groups in total. The number of ether oxygens (including phenoxy) is 2. The standard InChI is InChI=1S/C17H15BrN2O4/c1-22-15-7-11(14(18)8-16(15)23-2)6-12(9-19)17(21)20-10-13-4-3-5-24-13/h3-8H,10H2,1-2H3,(H,20,21)/b12-6-. The number of carbonyl (C=O) groups is 1. The summed E-state index contributed by atoms with van der Waals surface area (Å²) in [6, 6.07) is 8.75. The molecule has 2 rings (SSSR count). The second-order valence-corrected chi connectivity index (χ2v) is 5.51. The summed E-state index contributed by atoms with van der Waals surface area (Å²) in [6.45, 7) is 0.206. The Hall–Kier alpha value is -2.72. The van der Waals surface area contributed by atoms with Gasteiger partial charge in [-0.25, -0.2) is 0 Å². The molecule has 6 nitrogen and oxygen atoms in total. The molecule has 0 aliphatic heterocycles. The largest absolute Gasteiger partial charge is 0.493 e. The SMILES string of the molecule is COc1cc(Br)c(/C=C(/C#N)C(=O)NCc2ccco2)cc1OC. The molecule has 24 heavy (non-hydrogen) atoms. The molecule has 0 unspecified atom stereocenters. The van der Waals surface area contributed by atoms with Crippen molar-refractivity contribution < 1.29 is 18.7 Å². The van der Waals surface area contributed by atoms with Gasteiger partial charge in [-0.05, 0) is 35.9 Å². The van der Waals surface area contributed by atoms with E-state index >= 15 is 0 Å². The van der Waals surface area contributed by atoms with Crippen molar-refractivity contribution in [2.75, 3.05) is 14.2 Å². The lowest BCUT2D eigenvalue weighted by molar-refractivity contribution is -0.117. The second kappa shape index (κ2) is 8.22. The zero-order valence-corrected chi connectivity index (χ0v) is 14.7. The van der Waals surface area contributed by atoms with Gasteiger partial charge in [0, 0.05) is 4.47 Å². The maximum atomic E-state index is 12.1. The first kappa shape index (κ1) is 17.6. The molecule has 0 spiro atoms. The van der Waals surface area contributed by atoms with E-state index in [2.05, 4.69) is 21.2 Å². The number of hydrogen-bond acceptors (Lipinski definition) is 5. The first-order valence-electron chi connectivity index (χ1n) is 6.93. The van der Waals surface area contributed by atoms with Crippen LogP contribution in [0.4, 0.5) is 0 Å². The number of nitriles is 1. The highest BCUT2D eigenvalue weighted by Crippen LogP contribution is 2.34. The third-order valence-corrected chi connectivity index (χ3v) is 3.86. The number of nitrogens with one attached hydrogen (secondary N) is 1. The molecule has 1 heterocycles. The highest BCUT2D eigenvalue weighted by Gasteiger charge is 2.13. The normalized spacial score (nSPS) is 10.8. The molecule has 0 radical (unpaired) electrons. The van der Waals surface area contributed by atoms with E-state index in [1.807, 2.05) is 6.07 Å². The molecule has 1 amide bonds. The molecule has 1 aromatic heterocycles. The summed E-state index contributed by atoms with van der Waals surface area (Å²) in [4.78, 5) is 12.1. The molecule has 7 heteroatoms. The summed E-state index contributed by atoms with van der Waals surface area (Å²) in [7, 11) is 3.04. The Morgan fingerprint density at radius 1 is 1.38 bits per heavy atom. The molecule has 0 saturated carbocycles. The first-order chi connectivity index (χ1) is 11.6. The number of furan rings is 1. The van der Waals surface area contributed by atoms with Crippen molar-refractivity contribution in [1.29, 1.82) is 5.26 Å². The molecule has 124 valence electrons. The van der Waals surface area contributed by atoms with Crippen molar-refractivity contribution >= 4 is 27.9 Å². The van der Waals surface area contributed by atoms with Gasteiger partial charge in [-0.3, -0.25) is 4.79 Å². The van der Waals surface area contributed by atoms with Crippen molar-refractivity contribution in [1.82, 2.24) is 5.32 Å². The number of hydrogen-bond donors (Lipinski definition) is 1. The quantitative estimate of drug-likeness (QED) is 0.604. The van der Waals surface area contributed by atoms with E-state index < -0.39 is 5.91 Å². The van der Waals surface area contributed by atoms with Crippen molar-refractivity contribution in [3.8, 4) is 17.6 Å². The molecule has 1 aromatic carbocycles. The molecule has 0 aliphatic carbocycles. The van der Waals surface area contributed by atoms with Gasteiger partial charge in [-0.2, -0.15) is 5.26 Å². The minimum absolute atomic E-state index is 0.0329. The van der Waals surface area contributed by atoms with Gasteiger partial charge >= 0.3 is 0 Å². The maximum Gasteiger partial charge on any atom is 0.262 e. The third kappa shape index (κ3) is 4.18. The Balaban J connectivity index is 2.23. The van der Waals surface area contributed by atoms with Crippen LogP contribution in [0.5, 0.6) is 11.5 Å². The molecular weight excluding hydrogens is 376 g/mol. The molecule has 0 aliphatic rings. The van der Waals surface area contributed by atoms with E-state index in [1.165, 1.54) is 26.6 Å². The van der Waals surface area contributed by atoms with Crippen LogP contribution in [0.15, 0.2) is 45.0 Å². The number of benzene rings is 1. The van der Waals surface area contributed by atoms with Crippen LogP contribution < -0.4 is 14.8 Å². The van der Waals surface area contributed by atoms with Gasteiger partial charge in [0.15, 0.2) is 11.5 Å². The van der Waals surface area contributed by atoms with Crippen molar-refractivity contribution in [2.24, 2.45) is 0 Å². The number of nitrogens with zero attached hydrogens (tertiary/aromatic N) is 1. The van der Waals surface area contributed by atoms with Gasteiger partial charge in [0.2, 0.25) is 0 Å². The highest BCUT2D eigenvalue weighted by molar-refractivity contribution is 9.10. The average Bonchev–Trinajstić information content (AvgIpc) is 3.11. The maximum absolute atomic E-state index is 12.1. The van der Waals surface area contributed by atoms with Gasteiger partial charge in [-0.1, -0.05) is 15.9 Å². The fourth-order valence-corrected chi connectivity index (χ4v) is 2.40. The monoisotopic (exact) mass is 390 g/mol. The van der Waals surface area contributed by atoms with Crippen LogP contribution in [0.25, 0.3) is 6.08 Å². The number of amides is 1. The molecule has 2 aromatic rings. The molecular formula is C17H15BrN2O4. The lowest BCUT2D eigenvalue weighted by Gasteiger charge is -2.10. The van der Waals surface area contributed by atoms with Crippen molar-refractivity contribution in [3.63, 3.8) is 0 Å². The van der Waals surface area contributed by atoms with E-state index in [0.29, 0.717) is 27.3 Å². The average molecular weight is 391 g/mol. The third-order valence-electron chi connectivity index (χ3n) is 3.17. The molecule has 0 atom stereocenters. The number of carbonyl (C=O) groups excluding carboxylic acids is 1. The van der Waals surface area contributed by atoms with Gasteiger partial charge in [0.1, 0.15) is 17.4 Å². The lowest BCUT2D eigenvalue weighted by Crippen LogP contribution is -2.23. The van der Waals surface area contributed by atoms with Crippen molar-refractivity contribution in [3.05, 3.63) is 51.9 Å². The number of methoxy groups -OCH3 is 2. The second-order valence-electron chi connectivity index (χ2n) is 4.66. The Labute approximate surface area is 147 Å². The zero-order valence-electron chi connectivity index (χ0n) is 13.1. The van der Waals surface area contributed by atoms with Crippen LogP contribution in [-0.4, -0.2) is 20.1 Å².